The Balaban J connectivity index is 1.37. The van der Waals surface area contributed by atoms with Crippen LogP contribution in [-0.4, -0.2) is 0 Å². The molecule has 0 spiro atoms. The quantitative estimate of drug-likeness (QED) is 0.143. The van der Waals surface area contributed by atoms with Gasteiger partial charge < -0.3 is 0 Å². The zero-order valence-corrected chi connectivity index (χ0v) is 25.3. The van der Waals surface area contributed by atoms with Crippen molar-refractivity contribution in [1.29, 1.82) is 0 Å². The average molecular weight is 583 g/mol. The molecule has 0 heterocycles. The summed E-state index contributed by atoms with van der Waals surface area (Å²) in [6.45, 7) is 0. The molecule has 0 N–H and O–H groups in total. The smallest absolute Gasteiger partial charge is 0.00201 e. The molecule has 0 unspecified atom stereocenters. The van der Waals surface area contributed by atoms with Crippen molar-refractivity contribution in [3.8, 4) is 44.5 Å². The van der Waals surface area contributed by atoms with Gasteiger partial charge in [-0.2, -0.15) is 0 Å². The third-order valence-electron chi connectivity index (χ3n) is 9.45. The van der Waals surface area contributed by atoms with Gasteiger partial charge in [-0.05, 0) is 99.7 Å². The Morgan fingerprint density at radius 1 is 0.217 bits per heavy atom. The summed E-state index contributed by atoms with van der Waals surface area (Å²) in [5.41, 5.74) is 10.0. The van der Waals surface area contributed by atoms with E-state index in [-0.39, 0.29) is 0 Å². The summed E-state index contributed by atoms with van der Waals surface area (Å²) in [5.74, 6) is 0. The third kappa shape index (κ3) is 4.23. The van der Waals surface area contributed by atoms with Crippen LogP contribution in [0.5, 0.6) is 0 Å². The first-order valence-electron chi connectivity index (χ1n) is 15.9. The number of fused-ring (bicyclic) bond motifs is 5. The lowest BCUT2D eigenvalue weighted by molar-refractivity contribution is 1.61. The predicted molar refractivity (Wildman–Crippen MR) is 198 cm³/mol. The molecule has 9 aromatic carbocycles. The Labute approximate surface area is 268 Å². The Morgan fingerprint density at radius 2 is 0.696 bits per heavy atom. The van der Waals surface area contributed by atoms with Crippen LogP contribution in [-0.2, 0) is 0 Å². The van der Waals surface area contributed by atoms with Crippen molar-refractivity contribution >= 4 is 43.1 Å². The second-order valence-electron chi connectivity index (χ2n) is 12.0. The summed E-state index contributed by atoms with van der Waals surface area (Å²) < 4.78 is 0. The van der Waals surface area contributed by atoms with E-state index in [1.165, 1.54) is 87.6 Å². The topological polar surface area (TPSA) is 0 Å². The Bertz CT molecular complexity index is 2500. The highest BCUT2D eigenvalue weighted by molar-refractivity contribution is 6.23. The van der Waals surface area contributed by atoms with Crippen LogP contribution in [0.25, 0.3) is 87.6 Å². The molecule has 0 radical (unpaired) electrons. The van der Waals surface area contributed by atoms with Crippen LogP contribution < -0.4 is 0 Å². The molecule has 0 saturated carbocycles. The highest BCUT2D eigenvalue weighted by Crippen LogP contribution is 2.47. The summed E-state index contributed by atoms with van der Waals surface area (Å²) in [5, 5.41) is 10.2. The molecule has 0 fully saturated rings. The first-order valence-corrected chi connectivity index (χ1v) is 15.9. The van der Waals surface area contributed by atoms with Gasteiger partial charge >= 0.3 is 0 Å². The average Bonchev–Trinajstić information content (AvgIpc) is 3.14. The molecule has 0 aliphatic rings. The standard InChI is InChI=1S/C46H30/c1-3-15-31(16-4-1)35-20-9-10-22-38(35)46-41-25-13-11-23-39(41)45(40-24-12-14-26-42(40)46)34-27-28-37-43(32-17-5-2-6-18-32)29-33-19-7-8-21-36(33)44(37)30-34/h1-30H. The summed E-state index contributed by atoms with van der Waals surface area (Å²) in [6, 6.07) is 66.5. The minimum absolute atomic E-state index is 1.23. The summed E-state index contributed by atoms with van der Waals surface area (Å²) in [6.07, 6.45) is 0. The molecule has 0 bridgehead atoms. The molecule has 0 nitrogen and oxygen atoms in total. The van der Waals surface area contributed by atoms with Crippen molar-refractivity contribution in [3.63, 3.8) is 0 Å². The fraction of sp³-hybridized carbons (Fsp3) is 0. The van der Waals surface area contributed by atoms with Crippen molar-refractivity contribution in [3.05, 3.63) is 182 Å². The molecule has 0 aliphatic carbocycles. The van der Waals surface area contributed by atoms with Gasteiger partial charge in [0, 0.05) is 0 Å². The third-order valence-corrected chi connectivity index (χ3v) is 9.45. The minimum Gasteiger partial charge on any atom is -0.0622 e. The van der Waals surface area contributed by atoms with Crippen LogP contribution in [0.3, 0.4) is 0 Å². The lowest BCUT2D eigenvalue weighted by Crippen LogP contribution is -1.93. The fourth-order valence-corrected chi connectivity index (χ4v) is 7.42. The first-order chi connectivity index (χ1) is 22.8. The molecule has 0 amide bonds. The van der Waals surface area contributed by atoms with E-state index in [2.05, 4.69) is 182 Å². The van der Waals surface area contributed by atoms with E-state index in [0.717, 1.165) is 0 Å². The second-order valence-corrected chi connectivity index (χ2v) is 12.0. The zero-order valence-electron chi connectivity index (χ0n) is 25.3. The Kier molecular flexibility index (Phi) is 6.25. The normalized spacial score (nSPS) is 11.5. The molecule has 0 aromatic heterocycles. The molecule has 46 heavy (non-hydrogen) atoms. The van der Waals surface area contributed by atoms with Gasteiger partial charge in [-0.3, -0.25) is 0 Å². The predicted octanol–water partition coefficient (Wildman–Crippen LogP) is 13.0. The molecule has 0 heteroatoms. The number of hydrogen-bond acceptors (Lipinski definition) is 0. The van der Waals surface area contributed by atoms with Crippen LogP contribution in [0.15, 0.2) is 182 Å². The molecular formula is C46H30. The molecule has 9 aromatic rings. The largest absolute Gasteiger partial charge is 0.0622 e. The van der Waals surface area contributed by atoms with Crippen molar-refractivity contribution in [2.75, 3.05) is 0 Å². The summed E-state index contributed by atoms with van der Waals surface area (Å²) in [7, 11) is 0. The van der Waals surface area contributed by atoms with E-state index in [1.54, 1.807) is 0 Å². The van der Waals surface area contributed by atoms with Gasteiger partial charge in [0.2, 0.25) is 0 Å². The van der Waals surface area contributed by atoms with Crippen LogP contribution in [0.4, 0.5) is 0 Å². The van der Waals surface area contributed by atoms with E-state index >= 15 is 0 Å². The molecule has 0 atom stereocenters. The van der Waals surface area contributed by atoms with Crippen LogP contribution in [0.2, 0.25) is 0 Å². The number of rotatable bonds is 4. The highest BCUT2D eigenvalue weighted by atomic mass is 14.2. The second kappa shape index (κ2) is 10.9. The Hall–Kier alpha value is -5.98. The van der Waals surface area contributed by atoms with Crippen LogP contribution in [0.1, 0.15) is 0 Å². The zero-order chi connectivity index (χ0) is 30.5. The summed E-state index contributed by atoms with van der Waals surface area (Å²) in [4.78, 5) is 0. The maximum Gasteiger partial charge on any atom is -0.00201 e. The van der Waals surface area contributed by atoms with Gasteiger partial charge in [0.1, 0.15) is 0 Å². The molecular weight excluding hydrogens is 553 g/mol. The van der Waals surface area contributed by atoms with Crippen LogP contribution in [0, 0.1) is 0 Å². The van der Waals surface area contributed by atoms with Gasteiger partial charge in [0.15, 0.2) is 0 Å². The Morgan fingerprint density at radius 3 is 1.33 bits per heavy atom. The van der Waals surface area contributed by atoms with Crippen molar-refractivity contribution < 1.29 is 0 Å². The first kappa shape index (κ1) is 26.4. The van der Waals surface area contributed by atoms with Crippen molar-refractivity contribution in [2.45, 2.75) is 0 Å². The van der Waals surface area contributed by atoms with Gasteiger partial charge in [-0.25, -0.2) is 0 Å². The lowest BCUT2D eigenvalue weighted by Gasteiger charge is -2.20. The lowest BCUT2D eigenvalue weighted by atomic mass is 9.83. The maximum absolute atomic E-state index is 2.43. The minimum atomic E-state index is 1.23. The molecule has 0 saturated heterocycles. The van der Waals surface area contributed by atoms with E-state index < -0.39 is 0 Å². The van der Waals surface area contributed by atoms with Gasteiger partial charge in [0.25, 0.3) is 0 Å². The fourth-order valence-electron chi connectivity index (χ4n) is 7.42. The van der Waals surface area contributed by atoms with E-state index in [9.17, 15) is 0 Å². The van der Waals surface area contributed by atoms with Crippen molar-refractivity contribution in [2.24, 2.45) is 0 Å². The van der Waals surface area contributed by atoms with Gasteiger partial charge in [-0.15, -0.1) is 0 Å². The number of benzene rings is 9. The molecule has 214 valence electrons. The summed E-state index contributed by atoms with van der Waals surface area (Å²) >= 11 is 0. The van der Waals surface area contributed by atoms with Gasteiger partial charge in [-0.1, -0.05) is 170 Å². The molecule has 9 rings (SSSR count). The SMILES string of the molecule is c1ccc(-c2ccccc2-c2c3ccccc3c(-c3ccc4c(-c5ccccc5)cc5ccccc5c4c3)c3ccccc23)cc1. The molecule has 0 aliphatic heterocycles. The van der Waals surface area contributed by atoms with Crippen molar-refractivity contribution in [1.82, 2.24) is 0 Å². The van der Waals surface area contributed by atoms with Crippen LogP contribution >= 0.6 is 0 Å². The van der Waals surface area contributed by atoms with Gasteiger partial charge in [0.05, 0.1) is 0 Å². The highest BCUT2D eigenvalue weighted by Gasteiger charge is 2.19. The monoisotopic (exact) mass is 582 g/mol. The van der Waals surface area contributed by atoms with E-state index in [4.69, 9.17) is 0 Å². The van der Waals surface area contributed by atoms with E-state index in [1.807, 2.05) is 0 Å². The van der Waals surface area contributed by atoms with E-state index in [0.29, 0.717) is 0 Å². The maximum atomic E-state index is 2.43. The number of hydrogen-bond donors (Lipinski definition) is 0.